The van der Waals surface area contributed by atoms with Gasteiger partial charge in [-0.05, 0) is 42.8 Å². The van der Waals surface area contributed by atoms with Crippen LogP contribution in [-0.4, -0.2) is 46.5 Å². The van der Waals surface area contributed by atoms with Crippen LogP contribution in [0.1, 0.15) is 12.5 Å². The van der Waals surface area contributed by atoms with Gasteiger partial charge in [0.15, 0.2) is 17.6 Å². The third-order valence-corrected chi connectivity index (χ3v) is 4.81. The van der Waals surface area contributed by atoms with Gasteiger partial charge in [0.25, 0.3) is 0 Å². The first-order chi connectivity index (χ1) is 14.2. The average Bonchev–Trinajstić information content (AvgIpc) is 3.31. The molecule has 7 heteroatoms. The number of nitrogens with one attached hydrogen (secondary N) is 1. The molecule has 2 aromatic carbocycles. The van der Waals surface area contributed by atoms with E-state index in [1.165, 1.54) is 0 Å². The van der Waals surface area contributed by atoms with Gasteiger partial charge in [0.2, 0.25) is 0 Å². The van der Waals surface area contributed by atoms with Gasteiger partial charge in [-0.1, -0.05) is 24.3 Å². The summed E-state index contributed by atoms with van der Waals surface area (Å²) in [5, 5.41) is 7.19. The van der Waals surface area contributed by atoms with Gasteiger partial charge in [-0.15, -0.1) is 0 Å². The highest BCUT2D eigenvalue weighted by atomic mass is 16.6. The van der Waals surface area contributed by atoms with Crippen molar-refractivity contribution in [3.63, 3.8) is 0 Å². The number of hydrogen-bond donors (Lipinski definition) is 1. The van der Waals surface area contributed by atoms with Crippen LogP contribution in [0.5, 0.6) is 11.5 Å². The lowest BCUT2D eigenvalue weighted by Gasteiger charge is -2.31. The fourth-order valence-electron chi connectivity index (χ4n) is 3.23. The fourth-order valence-corrected chi connectivity index (χ4v) is 3.23. The highest BCUT2D eigenvalue weighted by Gasteiger charge is 2.24. The molecule has 2 heterocycles. The zero-order valence-corrected chi connectivity index (χ0v) is 16.3. The highest BCUT2D eigenvalue weighted by molar-refractivity contribution is 5.74. The molecule has 0 aliphatic carbocycles. The summed E-state index contributed by atoms with van der Waals surface area (Å²) in [6, 6.07) is 17.3. The van der Waals surface area contributed by atoms with Gasteiger partial charge < -0.3 is 19.7 Å². The molecule has 1 atom stereocenters. The smallest absolute Gasteiger partial charge is 0.317 e. The summed E-state index contributed by atoms with van der Waals surface area (Å²) < 4.78 is 13.5. The van der Waals surface area contributed by atoms with E-state index in [9.17, 15) is 4.79 Å². The molecule has 0 radical (unpaired) electrons. The molecule has 0 bridgehead atoms. The van der Waals surface area contributed by atoms with Crippen molar-refractivity contribution in [3.8, 4) is 17.2 Å². The fraction of sp³-hybridized carbons (Fsp3) is 0.273. The Morgan fingerprint density at radius 2 is 1.97 bits per heavy atom. The van der Waals surface area contributed by atoms with Crippen molar-refractivity contribution in [1.82, 2.24) is 20.0 Å². The van der Waals surface area contributed by atoms with Crippen LogP contribution in [0.4, 0.5) is 4.79 Å². The second-order valence-electron chi connectivity index (χ2n) is 6.81. The number of benzene rings is 2. The predicted molar refractivity (Wildman–Crippen MR) is 109 cm³/mol. The number of aromatic nitrogens is 2. The van der Waals surface area contributed by atoms with Crippen molar-refractivity contribution in [2.75, 3.05) is 19.7 Å². The van der Waals surface area contributed by atoms with E-state index in [2.05, 4.69) is 10.4 Å². The predicted octanol–water partition coefficient (Wildman–Crippen LogP) is 3.24. The van der Waals surface area contributed by atoms with E-state index in [4.69, 9.17) is 9.47 Å². The second-order valence-corrected chi connectivity index (χ2v) is 6.81. The van der Waals surface area contributed by atoms with Crippen LogP contribution >= 0.6 is 0 Å². The first kappa shape index (κ1) is 18.9. The minimum atomic E-state index is -0.191. The van der Waals surface area contributed by atoms with Gasteiger partial charge >= 0.3 is 6.03 Å². The van der Waals surface area contributed by atoms with Gasteiger partial charge in [0.1, 0.15) is 6.61 Å². The van der Waals surface area contributed by atoms with Crippen molar-refractivity contribution in [2.24, 2.45) is 0 Å². The molecule has 0 saturated heterocycles. The molecule has 0 fully saturated rings. The molecule has 2 amide bonds. The summed E-state index contributed by atoms with van der Waals surface area (Å²) in [5.74, 6) is 1.47. The molecule has 1 aliphatic rings. The van der Waals surface area contributed by atoms with Crippen LogP contribution in [0.15, 0.2) is 67.0 Å². The van der Waals surface area contributed by atoms with Crippen LogP contribution in [0.2, 0.25) is 0 Å². The van der Waals surface area contributed by atoms with Crippen molar-refractivity contribution in [3.05, 3.63) is 72.6 Å². The number of carbonyl (C=O) groups is 1. The zero-order valence-electron chi connectivity index (χ0n) is 16.3. The molecule has 0 spiro atoms. The van der Waals surface area contributed by atoms with Crippen molar-refractivity contribution in [1.29, 1.82) is 0 Å². The number of hydrogen-bond acceptors (Lipinski definition) is 4. The Hall–Kier alpha value is -3.48. The van der Waals surface area contributed by atoms with E-state index in [1.807, 2.05) is 67.7 Å². The number of para-hydroxylation sites is 2. The Labute approximate surface area is 169 Å². The topological polar surface area (TPSA) is 68.6 Å². The van der Waals surface area contributed by atoms with Gasteiger partial charge in [0.05, 0.1) is 12.2 Å². The molecule has 1 N–H and O–H groups in total. The van der Waals surface area contributed by atoms with E-state index < -0.39 is 0 Å². The Morgan fingerprint density at radius 3 is 2.69 bits per heavy atom. The van der Waals surface area contributed by atoms with E-state index in [-0.39, 0.29) is 12.1 Å². The molecule has 0 saturated carbocycles. The molecule has 3 aromatic rings. The third-order valence-electron chi connectivity index (χ3n) is 4.81. The Kier molecular flexibility index (Phi) is 5.65. The maximum Gasteiger partial charge on any atom is 0.317 e. The molecule has 1 unspecified atom stereocenters. The van der Waals surface area contributed by atoms with Gasteiger partial charge in [0, 0.05) is 25.5 Å². The first-order valence-electron chi connectivity index (χ1n) is 9.73. The summed E-state index contributed by atoms with van der Waals surface area (Å²) in [6.07, 6.45) is 3.45. The first-order valence-corrected chi connectivity index (χ1v) is 9.73. The van der Waals surface area contributed by atoms with Crippen LogP contribution in [-0.2, 0) is 6.54 Å². The molecule has 150 valence electrons. The Balaban J connectivity index is 1.30. The SMILES string of the molecule is CCN(CC1COc2ccccc2O1)C(=O)NCc1ccc(-n2cccn2)cc1. The highest BCUT2D eigenvalue weighted by Crippen LogP contribution is 2.31. The van der Waals surface area contributed by atoms with Crippen LogP contribution < -0.4 is 14.8 Å². The maximum absolute atomic E-state index is 12.6. The number of rotatable bonds is 6. The normalized spacial score (nSPS) is 15.0. The third kappa shape index (κ3) is 4.51. The molecule has 1 aromatic heterocycles. The largest absolute Gasteiger partial charge is 0.486 e. The standard InChI is InChI=1S/C22H24N4O3/c1-2-25(15-19-16-28-20-6-3-4-7-21(20)29-19)22(27)23-14-17-8-10-18(11-9-17)26-13-5-12-24-26/h3-13,19H,2,14-16H2,1H3,(H,23,27). The van der Waals surface area contributed by atoms with Gasteiger partial charge in [-0.25, -0.2) is 9.48 Å². The number of amides is 2. The molecule has 29 heavy (non-hydrogen) atoms. The summed E-state index contributed by atoms with van der Waals surface area (Å²) in [4.78, 5) is 14.4. The number of ether oxygens (including phenoxy) is 2. The number of nitrogens with zero attached hydrogens (tertiary/aromatic N) is 3. The lowest BCUT2D eigenvalue weighted by molar-refractivity contribution is 0.0675. The minimum absolute atomic E-state index is 0.119. The number of fused-ring (bicyclic) bond motifs is 1. The number of carbonyl (C=O) groups excluding carboxylic acids is 1. The zero-order chi connectivity index (χ0) is 20.1. The molecular formula is C22H24N4O3. The average molecular weight is 392 g/mol. The number of urea groups is 1. The lowest BCUT2D eigenvalue weighted by Crippen LogP contribution is -2.47. The Bertz CT molecular complexity index is 941. The summed E-state index contributed by atoms with van der Waals surface area (Å²) in [7, 11) is 0. The summed E-state index contributed by atoms with van der Waals surface area (Å²) in [5.41, 5.74) is 2.01. The maximum atomic E-state index is 12.6. The van der Waals surface area contributed by atoms with Gasteiger partial charge in [-0.3, -0.25) is 0 Å². The monoisotopic (exact) mass is 392 g/mol. The lowest BCUT2D eigenvalue weighted by atomic mass is 10.2. The molecular weight excluding hydrogens is 368 g/mol. The van der Waals surface area contributed by atoms with E-state index in [1.54, 1.807) is 15.8 Å². The minimum Gasteiger partial charge on any atom is -0.486 e. The molecule has 4 rings (SSSR count). The van der Waals surface area contributed by atoms with Crippen molar-refractivity contribution in [2.45, 2.75) is 19.6 Å². The van der Waals surface area contributed by atoms with E-state index >= 15 is 0 Å². The van der Waals surface area contributed by atoms with Crippen LogP contribution in [0.3, 0.4) is 0 Å². The second kappa shape index (κ2) is 8.68. The molecule has 7 nitrogen and oxygen atoms in total. The summed E-state index contributed by atoms with van der Waals surface area (Å²) >= 11 is 0. The van der Waals surface area contributed by atoms with E-state index in [0.717, 1.165) is 22.7 Å². The van der Waals surface area contributed by atoms with Gasteiger partial charge in [-0.2, -0.15) is 5.10 Å². The summed E-state index contributed by atoms with van der Waals surface area (Å²) in [6.45, 7) is 3.89. The van der Waals surface area contributed by atoms with Crippen molar-refractivity contribution < 1.29 is 14.3 Å². The van der Waals surface area contributed by atoms with Crippen molar-refractivity contribution >= 4 is 6.03 Å². The van der Waals surface area contributed by atoms with Crippen LogP contribution in [0, 0.1) is 0 Å². The molecule has 1 aliphatic heterocycles. The van der Waals surface area contributed by atoms with Crippen LogP contribution in [0.25, 0.3) is 5.69 Å². The quantitative estimate of drug-likeness (QED) is 0.699. The Morgan fingerprint density at radius 1 is 1.17 bits per heavy atom. The van der Waals surface area contributed by atoms with E-state index in [0.29, 0.717) is 26.2 Å². The number of likely N-dealkylation sites (N-methyl/N-ethyl adjacent to an activating group) is 1.